The summed E-state index contributed by atoms with van der Waals surface area (Å²) >= 11 is 0. The van der Waals surface area contributed by atoms with E-state index >= 15 is 0 Å². The molecule has 3 nitrogen and oxygen atoms in total. The van der Waals surface area contributed by atoms with Crippen molar-refractivity contribution in [3.8, 4) is 5.75 Å². The molecule has 0 bridgehead atoms. The molecule has 0 saturated carbocycles. The van der Waals surface area contributed by atoms with Crippen LogP contribution in [-0.2, 0) is 0 Å². The Morgan fingerprint density at radius 2 is 2.27 bits per heavy atom. The van der Waals surface area contributed by atoms with Crippen LogP contribution in [0.3, 0.4) is 0 Å². The van der Waals surface area contributed by atoms with Gasteiger partial charge in [-0.1, -0.05) is 0 Å². The highest BCUT2D eigenvalue weighted by atomic mass is 19.1. The molecule has 0 radical (unpaired) electrons. The molecule has 0 atom stereocenters. The predicted molar refractivity (Wildman–Crippen MR) is 53.6 cm³/mol. The van der Waals surface area contributed by atoms with E-state index in [1.807, 2.05) is 0 Å². The van der Waals surface area contributed by atoms with E-state index in [2.05, 4.69) is 5.32 Å². The molecule has 0 aliphatic carbocycles. The first-order valence-corrected chi connectivity index (χ1v) is 4.81. The molecule has 1 aromatic carbocycles. The molecule has 80 valence electrons. The number of carbonyl (C=O) groups is 1. The van der Waals surface area contributed by atoms with Gasteiger partial charge in [0, 0.05) is 19.0 Å². The minimum Gasteiger partial charge on any atom is -0.496 e. The number of hydrogen-bond donors (Lipinski definition) is 1. The van der Waals surface area contributed by atoms with Gasteiger partial charge >= 0.3 is 0 Å². The second-order valence-corrected chi connectivity index (χ2v) is 3.56. The first kappa shape index (κ1) is 10.1. The molecule has 0 unspecified atom stereocenters. The molecule has 0 spiro atoms. The number of halogens is 1. The number of Topliss-reactive ketones (excluding diaryl/α,β-unsaturated/α-hetero) is 1. The van der Waals surface area contributed by atoms with Crippen LogP contribution in [0.15, 0.2) is 18.2 Å². The van der Waals surface area contributed by atoms with E-state index in [0.717, 1.165) is 0 Å². The molecule has 0 amide bonds. The van der Waals surface area contributed by atoms with E-state index < -0.39 is 5.82 Å². The van der Waals surface area contributed by atoms with Crippen LogP contribution >= 0.6 is 0 Å². The van der Waals surface area contributed by atoms with Crippen LogP contribution in [0.2, 0.25) is 0 Å². The van der Waals surface area contributed by atoms with Crippen LogP contribution in [-0.4, -0.2) is 26.0 Å². The summed E-state index contributed by atoms with van der Waals surface area (Å²) < 4.78 is 18.0. The molecule has 4 heteroatoms. The van der Waals surface area contributed by atoms with Gasteiger partial charge in [0.1, 0.15) is 11.6 Å². The molecule has 2 rings (SSSR count). The van der Waals surface area contributed by atoms with Gasteiger partial charge in [-0.05, 0) is 18.2 Å². The van der Waals surface area contributed by atoms with E-state index in [-0.39, 0.29) is 11.7 Å². The predicted octanol–water partition coefficient (Wildman–Crippen LogP) is 1.24. The number of nitrogens with one attached hydrogen (secondary N) is 1. The van der Waals surface area contributed by atoms with Crippen molar-refractivity contribution in [3.05, 3.63) is 29.6 Å². The SMILES string of the molecule is COc1ccc(F)cc1C(=O)C1CNC1. The van der Waals surface area contributed by atoms with Crippen molar-refractivity contribution in [2.45, 2.75) is 0 Å². The van der Waals surface area contributed by atoms with Gasteiger partial charge in [-0.25, -0.2) is 4.39 Å². The molecule has 1 aromatic rings. The summed E-state index contributed by atoms with van der Waals surface area (Å²) in [5.41, 5.74) is 0.337. The standard InChI is InChI=1S/C11H12FNO2/c1-15-10-3-2-8(12)4-9(10)11(14)7-5-13-6-7/h2-4,7,13H,5-6H2,1H3. The quantitative estimate of drug-likeness (QED) is 0.761. The second kappa shape index (κ2) is 3.98. The Labute approximate surface area is 87.2 Å². The van der Waals surface area contributed by atoms with Crippen molar-refractivity contribution < 1.29 is 13.9 Å². The molecular weight excluding hydrogens is 197 g/mol. The number of rotatable bonds is 3. The zero-order valence-electron chi connectivity index (χ0n) is 8.42. The minimum atomic E-state index is -0.411. The van der Waals surface area contributed by atoms with Crippen LogP contribution in [0.5, 0.6) is 5.75 Å². The summed E-state index contributed by atoms with van der Waals surface area (Å²) in [4.78, 5) is 11.9. The Morgan fingerprint density at radius 1 is 1.53 bits per heavy atom. The highest BCUT2D eigenvalue weighted by Gasteiger charge is 2.28. The van der Waals surface area contributed by atoms with Crippen molar-refractivity contribution in [2.75, 3.05) is 20.2 Å². The van der Waals surface area contributed by atoms with Gasteiger partial charge in [-0.3, -0.25) is 4.79 Å². The van der Waals surface area contributed by atoms with Crippen LogP contribution in [0.4, 0.5) is 4.39 Å². The third-order valence-electron chi connectivity index (χ3n) is 2.58. The van der Waals surface area contributed by atoms with E-state index in [1.165, 1.54) is 25.3 Å². The Kier molecular flexibility index (Phi) is 2.68. The fraction of sp³-hybridized carbons (Fsp3) is 0.364. The lowest BCUT2D eigenvalue weighted by molar-refractivity contribution is 0.0874. The average Bonchev–Trinajstić information content (AvgIpc) is 2.15. The van der Waals surface area contributed by atoms with E-state index in [9.17, 15) is 9.18 Å². The van der Waals surface area contributed by atoms with Crippen LogP contribution < -0.4 is 10.1 Å². The molecule has 15 heavy (non-hydrogen) atoms. The van der Waals surface area contributed by atoms with Crippen LogP contribution in [0, 0.1) is 11.7 Å². The maximum Gasteiger partial charge on any atom is 0.172 e. The van der Waals surface area contributed by atoms with Gasteiger partial charge in [-0.15, -0.1) is 0 Å². The Bertz CT molecular complexity index is 388. The van der Waals surface area contributed by atoms with Crippen molar-refractivity contribution in [1.82, 2.24) is 5.32 Å². The smallest absolute Gasteiger partial charge is 0.172 e. The van der Waals surface area contributed by atoms with Gasteiger partial charge < -0.3 is 10.1 Å². The summed E-state index contributed by atoms with van der Waals surface area (Å²) in [6.45, 7) is 1.33. The van der Waals surface area contributed by atoms with Gasteiger partial charge in [0.25, 0.3) is 0 Å². The van der Waals surface area contributed by atoms with Crippen LogP contribution in [0.1, 0.15) is 10.4 Å². The lowest BCUT2D eigenvalue weighted by Crippen LogP contribution is -2.46. The Balaban J connectivity index is 2.31. The third kappa shape index (κ3) is 1.85. The van der Waals surface area contributed by atoms with Gasteiger partial charge in [0.2, 0.25) is 0 Å². The maximum atomic E-state index is 13.0. The number of carbonyl (C=O) groups excluding carboxylic acids is 1. The summed E-state index contributed by atoms with van der Waals surface area (Å²) in [6, 6.07) is 4.00. The zero-order chi connectivity index (χ0) is 10.8. The van der Waals surface area contributed by atoms with E-state index in [4.69, 9.17) is 4.74 Å². The molecule has 1 N–H and O–H groups in total. The normalized spacial score (nSPS) is 15.9. The molecule has 1 aliphatic heterocycles. The van der Waals surface area contributed by atoms with Crippen molar-refractivity contribution in [3.63, 3.8) is 0 Å². The number of hydrogen-bond acceptors (Lipinski definition) is 3. The van der Waals surface area contributed by atoms with Crippen molar-refractivity contribution in [1.29, 1.82) is 0 Å². The maximum absolute atomic E-state index is 13.0. The van der Waals surface area contributed by atoms with Crippen molar-refractivity contribution in [2.24, 2.45) is 5.92 Å². The molecular formula is C11H12FNO2. The number of ketones is 1. The topological polar surface area (TPSA) is 38.3 Å². The average molecular weight is 209 g/mol. The van der Waals surface area contributed by atoms with Gasteiger partial charge in [0.05, 0.1) is 12.7 Å². The van der Waals surface area contributed by atoms with E-state index in [1.54, 1.807) is 0 Å². The van der Waals surface area contributed by atoms with E-state index in [0.29, 0.717) is 24.4 Å². The summed E-state index contributed by atoms with van der Waals surface area (Å²) in [5.74, 6) is -0.0643. The largest absolute Gasteiger partial charge is 0.496 e. The highest BCUT2D eigenvalue weighted by Crippen LogP contribution is 2.23. The Morgan fingerprint density at radius 3 is 2.80 bits per heavy atom. The lowest BCUT2D eigenvalue weighted by atomic mass is 9.92. The first-order chi connectivity index (χ1) is 7.22. The molecule has 1 fully saturated rings. The van der Waals surface area contributed by atoms with Crippen LogP contribution in [0.25, 0.3) is 0 Å². The van der Waals surface area contributed by atoms with Gasteiger partial charge in [0.15, 0.2) is 5.78 Å². The van der Waals surface area contributed by atoms with Gasteiger partial charge in [-0.2, -0.15) is 0 Å². The minimum absolute atomic E-state index is 0.0410. The number of methoxy groups -OCH3 is 1. The van der Waals surface area contributed by atoms with Crippen molar-refractivity contribution >= 4 is 5.78 Å². The second-order valence-electron chi connectivity index (χ2n) is 3.56. The zero-order valence-corrected chi connectivity index (χ0v) is 8.42. The summed E-state index contributed by atoms with van der Waals surface area (Å²) in [6.07, 6.45) is 0. The summed E-state index contributed by atoms with van der Waals surface area (Å²) in [5, 5.41) is 3.01. The highest BCUT2D eigenvalue weighted by molar-refractivity contribution is 6.01. The monoisotopic (exact) mass is 209 g/mol. The lowest BCUT2D eigenvalue weighted by Gasteiger charge is -2.26. The number of benzene rings is 1. The Hall–Kier alpha value is -1.42. The third-order valence-corrected chi connectivity index (χ3v) is 2.58. The fourth-order valence-corrected chi connectivity index (χ4v) is 1.57. The molecule has 0 aromatic heterocycles. The first-order valence-electron chi connectivity index (χ1n) is 4.81. The molecule has 1 heterocycles. The fourth-order valence-electron chi connectivity index (χ4n) is 1.57. The summed E-state index contributed by atoms with van der Waals surface area (Å²) in [7, 11) is 1.48. The molecule has 1 aliphatic rings. The number of ether oxygens (including phenoxy) is 1. The molecule has 1 saturated heterocycles.